The van der Waals surface area contributed by atoms with Crippen molar-refractivity contribution in [1.82, 2.24) is 29.1 Å². The number of alkyl halides is 6. The number of carbonyl (C=O) groups is 1. The third-order valence-electron chi connectivity index (χ3n) is 5.75. The molecule has 0 saturated heterocycles. The van der Waals surface area contributed by atoms with Crippen molar-refractivity contribution in [2.45, 2.75) is 44.2 Å². The minimum Gasteiger partial charge on any atom is -0.431 e. The van der Waals surface area contributed by atoms with E-state index in [0.29, 0.717) is 10.4 Å². The number of halogens is 8. The molecule has 0 spiro atoms. The number of rotatable bonds is 8. The van der Waals surface area contributed by atoms with E-state index in [1.807, 2.05) is 0 Å². The number of esters is 1. The van der Waals surface area contributed by atoms with E-state index in [9.17, 15) is 41.0 Å². The van der Waals surface area contributed by atoms with Crippen LogP contribution in [0.4, 0.5) is 26.3 Å². The van der Waals surface area contributed by atoms with Crippen LogP contribution in [0, 0.1) is 0 Å². The van der Waals surface area contributed by atoms with E-state index in [-0.39, 0.29) is 31.8 Å². The highest BCUT2D eigenvalue weighted by Gasteiger charge is 2.51. The smallest absolute Gasteiger partial charge is 0.431 e. The maximum Gasteiger partial charge on any atom is 0.491 e. The number of nitrogens with two attached hydrogens (primary N) is 1. The lowest BCUT2D eigenvalue weighted by Crippen LogP contribution is -2.45. The molecule has 43 heavy (non-hydrogen) atoms. The van der Waals surface area contributed by atoms with Crippen molar-refractivity contribution in [3.8, 4) is 17.1 Å². The van der Waals surface area contributed by atoms with Gasteiger partial charge in [0, 0.05) is 10.6 Å². The highest BCUT2D eigenvalue weighted by molar-refractivity contribution is 6.32. The third kappa shape index (κ3) is 6.84. The van der Waals surface area contributed by atoms with Crippen LogP contribution in [0.25, 0.3) is 17.1 Å². The number of para-hydroxylation sites is 1. The minimum atomic E-state index is -5.77. The molecule has 0 fully saturated rings. The molecule has 4 aromatic rings. The van der Waals surface area contributed by atoms with Gasteiger partial charge in [0.25, 0.3) is 0 Å². The average molecular weight is 654 g/mol. The fourth-order valence-corrected chi connectivity index (χ4v) is 4.15. The van der Waals surface area contributed by atoms with Gasteiger partial charge in [-0.25, -0.2) is 28.5 Å². The molecule has 0 bridgehead atoms. The van der Waals surface area contributed by atoms with Gasteiger partial charge >= 0.3 is 24.0 Å². The Morgan fingerprint density at radius 3 is 2.23 bits per heavy atom. The van der Waals surface area contributed by atoms with Crippen LogP contribution in [0.1, 0.15) is 30.8 Å². The number of hydrogen-bond donors (Lipinski definition) is 2. The van der Waals surface area contributed by atoms with Crippen LogP contribution in [0.5, 0.6) is 0 Å². The van der Waals surface area contributed by atoms with Crippen molar-refractivity contribution in [2.75, 3.05) is 0 Å². The summed E-state index contributed by atoms with van der Waals surface area (Å²) in [7, 11) is 0. The topological polar surface area (TPSA) is 143 Å². The number of benzene rings is 2. The van der Waals surface area contributed by atoms with Crippen molar-refractivity contribution in [1.29, 1.82) is 0 Å². The molecule has 2 aromatic carbocycles. The van der Waals surface area contributed by atoms with Gasteiger partial charge in [0.1, 0.15) is 12.4 Å². The summed E-state index contributed by atoms with van der Waals surface area (Å²) in [4.78, 5) is 29.3. The quantitative estimate of drug-likeness (QED) is 0.213. The molecule has 0 aliphatic carbocycles. The molecular weight excluding hydrogens is 635 g/mol. The van der Waals surface area contributed by atoms with Gasteiger partial charge in [0.15, 0.2) is 11.6 Å². The summed E-state index contributed by atoms with van der Waals surface area (Å²) in [5.74, 6) is -3.79. The lowest BCUT2D eigenvalue weighted by molar-refractivity contribution is -0.260. The first-order chi connectivity index (χ1) is 20.0. The van der Waals surface area contributed by atoms with Gasteiger partial charge in [-0.3, -0.25) is 0 Å². The van der Waals surface area contributed by atoms with Crippen LogP contribution in [0.3, 0.4) is 0 Å². The van der Waals surface area contributed by atoms with Crippen molar-refractivity contribution < 1.29 is 41.0 Å². The summed E-state index contributed by atoms with van der Waals surface area (Å²) >= 11 is 12.1. The monoisotopic (exact) mass is 653 g/mol. The molecule has 0 aliphatic rings. The highest BCUT2D eigenvalue weighted by Crippen LogP contribution is 2.33. The predicted octanol–water partition coefficient (Wildman–Crippen LogP) is 4.19. The average Bonchev–Trinajstić information content (AvgIpc) is 3.48. The molecule has 11 nitrogen and oxygen atoms in total. The Balaban J connectivity index is 1.89. The Morgan fingerprint density at radius 2 is 1.67 bits per heavy atom. The Labute approximate surface area is 247 Å². The largest absolute Gasteiger partial charge is 0.491 e. The highest BCUT2D eigenvalue weighted by atomic mass is 35.5. The van der Waals surface area contributed by atoms with E-state index in [1.165, 1.54) is 28.9 Å². The van der Waals surface area contributed by atoms with Gasteiger partial charge in [-0.05, 0) is 43.3 Å². The van der Waals surface area contributed by atoms with Gasteiger partial charge in [0.05, 0.1) is 16.8 Å². The third-order valence-corrected chi connectivity index (χ3v) is 6.32. The summed E-state index contributed by atoms with van der Waals surface area (Å²) in [5, 5.41) is 18.6. The normalized spacial score (nSPS) is 14.4. The number of ether oxygens (including phenoxy) is 1. The van der Waals surface area contributed by atoms with E-state index in [4.69, 9.17) is 28.9 Å². The summed E-state index contributed by atoms with van der Waals surface area (Å²) in [5.41, 5.74) is 4.72. The predicted molar refractivity (Wildman–Crippen MR) is 138 cm³/mol. The molecule has 2 aromatic heterocycles. The first-order valence-corrected chi connectivity index (χ1v) is 12.7. The molecule has 0 saturated carbocycles. The van der Waals surface area contributed by atoms with Crippen LogP contribution >= 0.6 is 23.2 Å². The molecular formula is C24H19Cl2F6N7O4. The Morgan fingerprint density at radius 1 is 1.05 bits per heavy atom. The second-order valence-electron chi connectivity index (χ2n) is 8.96. The maximum atomic E-state index is 13.6. The van der Waals surface area contributed by atoms with Crippen LogP contribution in [0.2, 0.25) is 10.0 Å². The van der Waals surface area contributed by atoms with Gasteiger partial charge in [-0.2, -0.15) is 26.3 Å². The first kappa shape index (κ1) is 32.0. The van der Waals surface area contributed by atoms with Gasteiger partial charge in [0.2, 0.25) is 12.3 Å². The van der Waals surface area contributed by atoms with Crippen LogP contribution in [0.15, 0.2) is 53.3 Å². The van der Waals surface area contributed by atoms with Crippen LogP contribution in [-0.4, -0.2) is 58.6 Å². The number of aromatic nitrogens is 6. The molecule has 0 amide bonds. The van der Waals surface area contributed by atoms with Crippen LogP contribution < -0.4 is 11.4 Å². The number of carbonyl (C=O) groups excluding carboxylic acids is 1. The molecule has 4 rings (SSSR count). The summed E-state index contributed by atoms with van der Waals surface area (Å²) < 4.78 is 85.6. The van der Waals surface area contributed by atoms with E-state index in [0.717, 1.165) is 0 Å². The molecule has 230 valence electrons. The zero-order valence-corrected chi connectivity index (χ0v) is 23.0. The number of hydrogen-bond acceptors (Lipinski definition) is 8. The number of nitrogens with zero attached hydrogens (tertiary/aromatic N) is 6. The Bertz CT molecular complexity index is 1680. The number of aliphatic hydroxyl groups is 1. The lowest BCUT2D eigenvalue weighted by atomic mass is 10.2. The van der Waals surface area contributed by atoms with E-state index >= 15 is 0 Å². The van der Waals surface area contributed by atoms with E-state index in [1.54, 1.807) is 31.2 Å². The minimum absolute atomic E-state index is 0.0252. The van der Waals surface area contributed by atoms with Crippen molar-refractivity contribution in [2.24, 2.45) is 5.73 Å². The fourth-order valence-electron chi connectivity index (χ4n) is 3.81. The SMILES string of the molecule is CC(N)c1nc(Cn2nc(-c3ccc(Cl)cc3)n(C(OC(=O)C(F)(F)F)[C@H](O)C(F)(F)F)c2=O)nn1-c1ccccc1Cl. The second kappa shape index (κ2) is 12.0. The van der Waals surface area contributed by atoms with Gasteiger partial charge in [-0.1, -0.05) is 35.3 Å². The summed E-state index contributed by atoms with van der Waals surface area (Å²) in [6.45, 7) is 0.921. The molecule has 19 heteroatoms. The fraction of sp³-hybridized carbons (Fsp3) is 0.292. The second-order valence-corrected chi connectivity index (χ2v) is 9.80. The van der Waals surface area contributed by atoms with Gasteiger partial charge in [-0.15, -0.1) is 10.2 Å². The van der Waals surface area contributed by atoms with E-state index in [2.05, 4.69) is 19.9 Å². The molecule has 2 heterocycles. The standard InChI is InChI=1S/C24H19Cl2F6N7O4/c1-11(33)18-34-16(35-39(18)15-5-3-2-4-14(15)26)10-37-22(42)38(19(36-37)12-6-8-13(25)9-7-12)20(17(40)23(27,28)29)43-21(41)24(30,31)32/h2-9,11,17,20,40H,10,33H2,1H3/t11?,17-,20?/m0/s1. The van der Waals surface area contributed by atoms with Crippen LogP contribution in [-0.2, 0) is 16.1 Å². The first-order valence-electron chi connectivity index (χ1n) is 11.9. The molecule has 0 aliphatic heterocycles. The molecule has 3 N–H and O–H groups in total. The number of aliphatic hydroxyl groups excluding tert-OH is 1. The zero-order chi connectivity index (χ0) is 31.9. The van der Waals surface area contributed by atoms with Crippen molar-refractivity contribution in [3.05, 3.63) is 80.7 Å². The molecule has 2 unspecified atom stereocenters. The van der Waals surface area contributed by atoms with Gasteiger partial charge < -0.3 is 15.6 Å². The molecule has 0 radical (unpaired) electrons. The summed E-state index contributed by atoms with van der Waals surface area (Å²) in [6, 6.07) is 10.6. The zero-order valence-electron chi connectivity index (χ0n) is 21.5. The lowest BCUT2D eigenvalue weighted by Gasteiger charge is -2.26. The van der Waals surface area contributed by atoms with Crippen molar-refractivity contribution >= 4 is 29.2 Å². The molecule has 3 atom stereocenters. The summed E-state index contributed by atoms with van der Waals surface area (Å²) in [6.07, 6.45) is -18.4. The van der Waals surface area contributed by atoms with Crippen molar-refractivity contribution in [3.63, 3.8) is 0 Å². The Kier molecular flexibility index (Phi) is 8.92. The maximum absolute atomic E-state index is 13.6. The Hall–Kier alpha value is -3.93. The van der Waals surface area contributed by atoms with E-state index < -0.39 is 54.8 Å².